The van der Waals surface area contributed by atoms with E-state index in [0.717, 1.165) is 37.2 Å². The molecule has 0 saturated carbocycles. The Morgan fingerprint density at radius 2 is 2.05 bits per heavy atom. The van der Waals surface area contributed by atoms with E-state index in [9.17, 15) is 4.79 Å². The summed E-state index contributed by atoms with van der Waals surface area (Å²) in [4.78, 5) is 15.7. The van der Waals surface area contributed by atoms with Crippen LogP contribution in [0.4, 0.5) is 0 Å². The first kappa shape index (κ1) is 16.9. The van der Waals surface area contributed by atoms with Crippen molar-refractivity contribution < 1.29 is 9.53 Å². The molecule has 1 heterocycles. The normalized spacial score (nSPS) is 15.5. The zero-order valence-electron chi connectivity index (χ0n) is 13.1. The van der Waals surface area contributed by atoms with Gasteiger partial charge in [-0.05, 0) is 48.8 Å². The molecule has 1 saturated heterocycles. The van der Waals surface area contributed by atoms with Gasteiger partial charge in [0.1, 0.15) is 6.61 Å². The Kier molecular flexibility index (Phi) is 6.82. The van der Waals surface area contributed by atoms with E-state index < -0.39 is 0 Å². The van der Waals surface area contributed by atoms with Gasteiger partial charge in [0.05, 0.1) is 6.61 Å². The van der Waals surface area contributed by atoms with Crippen LogP contribution in [-0.4, -0.2) is 42.9 Å². The van der Waals surface area contributed by atoms with Crippen LogP contribution >= 0.6 is 11.8 Å². The third-order valence-electron chi connectivity index (χ3n) is 3.85. The van der Waals surface area contributed by atoms with Crippen LogP contribution in [0.15, 0.2) is 29.2 Å². The highest BCUT2D eigenvalue weighted by Crippen LogP contribution is 2.21. The molecule has 1 fully saturated rings. The predicted octanol–water partition coefficient (Wildman–Crippen LogP) is 3.30. The summed E-state index contributed by atoms with van der Waals surface area (Å²) in [5.74, 6) is 4.17. The molecule has 1 aliphatic heterocycles. The number of thioether (sulfide) groups is 1. The third-order valence-corrected chi connectivity index (χ3v) is 4.75. The number of hydrogen-bond donors (Lipinski definition) is 0. The van der Waals surface area contributed by atoms with Crippen molar-refractivity contribution in [1.29, 1.82) is 0 Å². The maximum atomic E-state index is 12.5. The first-order valence-electron chi connectivity index (χ1n) is 7.78. The number of benzene rings is 1. The Morgan fingerprint density at radius 3 is 2.64 bits per heavy atom. The Bertz CT molecular complexity index is 513. The van der Waals surface area contributed by atoms with Crippen LogP contribution in [0.25, 0.3) is 0 Å². The molecular weight excluding hydrogens is 294 g/mol. The molecule has 4 heteroatoms. The first-order valence-corrected chi connectivity index (χ1v) is 8.76. The molecule has 0 N–H and O–H groups in total. The number of hydrogen-bond acceptors (Lipinski definition) is 3. The van der Waals surface area contributed by atoms with Gasteiger partial charge in [0.2, 0.25) is 0 Å². The highest BCUT2D eigenvalue weighted by atomic mass is 32.2. The van der Waals surface area contributed by atoms with Gasteiger partial charge in [0, 0.05) is 23.5 Å². The minimum Gasteiger partial charge on any atom is -0.369 e. The van der Waals surface area contributed by atoms with Crippen molar-refractivity contribution in [3.63, 3.8) is 0 Å². The maximum Gasteiger partial charge on any atom is 0.253 e. The molecule has 118 valence electrons. The lowest BCUT2D eigenvalue weighted by Gasteiger charge is -2.31. The minimum absolute atomic E-state index is 0.135. The number of piperidine rings is 1. The van der Waals surface area contributed by atoms with Gasteiger partial charge in [-0.2, -0.15) is 0 Å². The molecule has 1 aromatic rings. The summed E-state index contributed by atoms with van der Waals surface area (Å²) in [5.41, 5.74) is 0.780. The molecule has 0 aliphatic carbocycles. The summed E-state index contributed by atoms with van der Waals surface area (Å²) in [5, 5.41) is 0. The van der Waals surface area contributed by atoms with Gasteiger partial charge in [-0.3, -0.25) is 4.79 Å². The van der Waals surface area contributed by atoms with Crippen LogP contribution in [0.3, 0.4) is 0 Å². The Morgan fingerprint density at radius 1 is 1.36 bits per heavy atom. The van der Waals surface area contributed by atoms with Crippen molar-refractivity contribution in [3.8, 4) is 12.3 Å². The largest absolute Gasteiger partial charge is 0.369 e. The van der Waals surface area contributed by atoms with E-state index in [4.69, 9.17) is 11.2 Å². The second-order valence-electron chi connectivity index (χ2n) is 5.41. The number of carbonyl (C=O) groups excluding carboxylic acids is 1. The zero-order valence-corrected chi connectivity index (χ0v) is 13.9. The molecule has 1 aliphatic rings. The average molecular weight is 317 g/mol. The van der Waals surface area contributed by atoms with E-state index in [1.165, 1.54) is 4.90 Å². The molecule has 2 rings (SSSR count). The molecule has 1 amide bonds. The fraction of sp³-hybridized carbons (Fsp3) is 0.500. The molecule has 0 atom stereocenters. The van der Waals surface area contributed by atoms with E-state index in [0.29, 0.717) is 19.1 Å². The van der Waals surface area contributed by atoms with Crippen LogP contribution in [-0.2, 0) is 4.74 Å². The lowest BCUT2D eigenvalue weighted by atomic mass is 9.97. The van der Waals surface area contributed by atoms with Crippen molar-refractivity contribution in [2.75, 3.05) is 32.1 Å². The van der Waals surface area contributed by atoms with Crippen LogP contribution in [0.1, 0.15) is 30.1 Å². The monoisotopic (exact) mass is 317 g/mol. The van der Waals surface area contributed by atoms with Crippen LogP contribution in [0.5, 0.6) is 0 Å². The van der Waals surface area contributed by atoms with E-state index in [-0.39, 0.29) is 5.91 Å². The fourth-order valence-electron chi connectivity index (χ4n) is 2.63. The zero-order chi connectivity index (χ0) is 15.8. The Balaban J connectivity index is 1.83. The van der Waals surface area contributed by atoms with Crippen LogP contribution < -0.4 is 0 Å². The van der Waals surface area contributed by atoms with Gasteiger partial charge < -0.3 is 9.64 Å². The molecule has 22 heavy (non-hydrogen) atoms. The molecule has 0 aromatic heterocycles. The van der Waals surface area contributed by atoms with E-state index in [1.54, 1.807) is 11.8 Å². The number of terminal acetylenes is 1. The van der Waals surface area contributed by atoms with Crippen molar-refractivity contribution in [1.82, 2.24) is 4.90 Å². The number of carbonyl (C=O) groups is 1. The number of likely N-dealkylation sites (tertiary alicyclic amines) is 1. The lowest BCUT2D eigenvalue weighted by Crippen LogP contribution is -2.39. The van der Waals surface area contributed by atoms with E-state index in [1.807, 2.05) is 29.2 Å². The fourth-order valence-corrected chi connectivity index (χ4v) is 3.29. The van der Waals surface area contributed by atoms with Gasteiger partial charge in [0.25, 0.3) is 5.91 Å². The summed E-state index contributed by atoms with van der Waals surface area (Å²) in [6.07, 6.45) is 7.14. The summed E-state index contributed by atoms with van der Waals surface area (Å²) in [6.45, 7) is 4.81. The highest BCUT2D eigenvalue weighted by molar-refractivity contribution is 7.99. The minimum atomic E-state index is 0.135. The van der Waals surface area contributed by atoms with Crippen molar-refractivity contribution in [2.24, 2.45) is 5.92 Å². The number of ether oxygens (including phenoxy) is 1. The molecule has 0 spiro atoms. The third kappa shape index (κ3) is 4.79. The Hall–Kier alpha value is -1.44. The topological polar surface area (TPSA) is 29.5 Å². The Labute approximate surface area is 137 Å². The summed E-state index contributed by atoms with van der Waals surface area (Å²) in [6, 6.07) is 7.93. The van der Waals surface area contributed by atoms with Gasteiger partial charge in [-0.1, -0.05) is 12.8 Å². The average Bonchev–Trinajstić information content (AvgIpc) is 2.56. The first-order chi connectivity index (χ1) is 10.7. The van der Waals surface area contributed by atoms with Crippen molar-refractivity contribution in [2.45, 2.75) is 24.7 Å². The summed E-state index contributed by atoms with van der Waals surface area (Å²) in [7, 11) is 0. The molecule has 0 bridgehead atoms. The van der Waals surface area contributed by atoms with Crippen molar-refractivity contribution in [3.05, 3.63) is 29.8 Å². The number of rotatable bonds is 6. The maximum absolute atomic E-state index is 12.5. The lowest BCUT2D eigenvalue weighted by molar-refractivity contribution is 0.0582. The number of amides is 1. The van der Waals surface area contributed by atoms with Crippen LogP contribution in [0, 0.1) is 18.3 Å². The second kappa shape index (κ2) is 8.87. The van der Waals surface area contributed by atoms with E-state index >= 15 is 0 Å². The SMILES string of the molecule is C#CCOCC1CCN(C(=O)c2ccc(SCC)cc2)CC1. The molecule has 1 aromatic carbocycles. The highest BCUT2D eigenvalue weighted by Gasteiger charge is 2.23. The van der Waals surface area contributed by atoms with E-state index in [2.05, 4.69) is 12.8 Å². The van der Waals surface area contributed by atoms with Gasteiger partial charge in [0.15, 0.2) is 0 Å². The smallest absolute Gasteiger partial charge is 0.253 e. The summed E-state index contributed by atoms with van der Waals surface area (Å²) < 4.78 is 5.40. The standard InChI is InChI=1S/C18H23NO2S/c1-3-13-21-14-15-9-11-19(12-10-15)18(20)16-5-7-17(8-6-16)22-4-2/h1,5-8,15H,4,9-14H2,2H3. The van der Waals surface area contributed by atoms with Crippen LogP contribution in [0.2, 0.25) is 0 Å². The molecule has 0 unspecified atom stereocenters. The summed E-state index contributed by atoms with van der Waals surface area (Å²) >= 11 is 1.79. The molecule has 0 radical (unpaired) electrons. The van der Waals surface area contributed by atoms with Gasteiger partial charge in [-0.15, -0.1) is 18.2 Å². The van der Waals surface area contributed by atoms with Gasteiger partial charge in [-0.25, -0.2) is 0 Å². The number of nitrogens with zero attached hydrogens (tertiary/aromatic N) is 1. The molecular formula is C18H23NO2S. The van der Waals surface area contributed by atoms with Gasteiger partial charge >= 0.3 is 0 Å². The molecule has 3 nitrogen and oxygen atoms in total. The van der Waals surface area contributed by atoms with Crippen molar-refractivity contribution >= 4 is 17.7 Å². The second-order valence-corrected chi connectivity index (χ2v) is 6.75. The quantitative estimate of drug-likeness (QED) is 0.458. The predicted molar refractivity (Wildman–Crippen MR) is 91.1 cm³/mol.